The van der Waals surface area contributed by atoms with Crippen molar-refractivity contribution in [3.05, 3.63) is 35.7 Å². The minimum atomic E-state index is -3.50. The SMILES string of the molecule is Cc1nc(SCC(=O)NCc2ccc(S(=O)(=O)N3CCOCC3)cc2)n[nH]1. The van der Waals surface area contributed by atoms with Crippen molar-refractivity contribution in [2.45, 2.75) is 23.5 Å². The molecule has 2 heterocycles. The summed E-state index contributed by atoms with van der Waals surface area (Å²) in [6, 6.07) is 6.55. The highest BCUT2D eigenvalue weighted by Gasteiger charge is 2.26. The smallest absolute Gasteiger partial charge is 0.243 e. The summed E-state index contributed by atoms with van der Waals surface area (Å²) in [7, 11) is -3.50. The van der Waals surface area contributed by atoms with Crippen LogP contribution in [0.4, 0.5) is 0 Å². The zero-order chi connectivity index (χ0) is 19.3. The van der Waals surface area contributed by atoms with Gasteiger partial charge in [0.15, 0.2) is 0 Å². The van der Waals surface area contributed by atoms with Crippen molar-refractivity contribution >= 4 is 27.7 Å². The number of carbonyl (C=O) groups is 1. The maximum absolute atomic E-state index is 12.6. The van der Waals surface area contributed by atoms with Gasteiger partial charge < -0.3 is 10.1 Å². The van der Waals surface area contributed by atoms with Crippen LogP contribution in [0.2, 0.25) is 0 Å². The third kappa shape index (κ3) is 5.28. The largest absolute Gasteiger partial charge is 0.379 e. The molecule has 2 aromatic rings. The summed E-state index contributed by atoms with van der Waals surface area (Å²) in [6.07, 6.45) is 0. The molecule has 0 unspecified atom stereocenters. The van der Waals surface area contributed by atoms with Crippen LogP contribution in [-0.4, -0.2) is 65.9 Å². The molecule has 3 rings (SSSR count). The van der Waals surface area contributed by atoms with Gasteiger partial charge in [0.05, 0.1) is 23.9 Å². The van der Waals surface area contributed by atoms with Gasteiger partial charge in [0.2, 0.25) is 21.1 Å². The molecule has 1 aromatic carbocycles. The molecule has 1 aliphatic heterocycles. The number of hydrogen-bond donors (Lipinski definition) is 2. The lowest BCUT2D eigenvalue weighted by Crippen LogP contribution is -2.40. The second kappa shape index (κ2) is 8.83. The molecule has 0 aliphatic carbocycles. The number of morpholine rings is 1. The summed E-state index contributed by atoms with van der Waals surface area (Å²) in [5, 5.41) is 10.00. The number of aromatic amines is 1. The Kier molecular flexibility index (Phi) is 6.47. The number of rotatable bonds is 7. The van der Waals surface area contributed by atoms with Gasteiger partial charge in [-0.05, 0) is 24.6 Å². The van der Waals surface area contributed by atoms with Gasteiger partial charge in [0.25, 0.3) is 0 Å². The van der Waals surface area contributed by atoms with Crippen molar-refractivity contribution in [1.29, 1.82) is 0 Å². The van der Waals surface area contributed by atoms with E-state index in [2.05, 4.69) is 20.5 Å². The van der Waals surface area contributed by atoms with Gasteiger partial charge in [-0.15, -0.1) is 5.10 Å². The number of aromatic nitrogens is 3. The van der Waals surface area contributed by atoms with Crippen LogP contribution in [0.25, 0.3) is 0 Å². The monoisotopic (exact) mass is 411 g/mol. The van der Waals surface area contributed by atoms with Gasteiger partial charge in [-0.3, -0.25) is 9.89 Å². The number of ether oxygens (including phenoxy) is 1. The Balaban J connectivity index is 1.50. The minimum Gasteiger partial charge on any atom is -0.379 e. The van der Waals surface area contributed by atoms with Crippen molar-refractivity contribution in [2.75, 3.05) is 32.1 Å². The van der Waals surface area contributed by atoms with Crippen molar-refractivity contribution in [3.8, 4) is 0 Å². The topological polar surface area (TPSA) is 117 Å². The Morgan fingerprint density at radius 2 is 2.00 bits per heavy atom. The number of thioether (sulfide) groups is 1. The predicted octanol–water partition coefficient (Wildman–Crippen LogP) is 0.543. The van der Waals surface area contributed by atoms with Crippen molar-refractivity contribution in [1.82, 2.24) is 24.8 Å². The summed E-state index contributed by atoms with van der Waals surface area (Å²) >= 11 is 1.25. The van der Waals surface area contributed by atoms with E-state index in [4.69, 9.17) is 4.74 Å². The van der Waals surface area contributed by atoms with Crippen molar-refractivity contribution in [3.63, 3.8) is 0 Å². The molecule has 11 heteroatoms. The van der Waals surface area contributed by atoms with Crippen molar-refractivity contribution in [2.24, 2.45) is 0 Å². The second-order valence-corrected chi connectivity index (χ2v) is 8.81. The van der Waals surface area contributed by atoms with E-state index in [1.165, 1.54) is 16.1 Å². The van der Waals surface area contributed by atoms with Crippen LogP contribution in [0.5, 0.6) is 0 Å². The number of hydrogen-bond acceptors (Lipinski definition) is 7. The fraction of sp³-hybridized carbons (Fsp3) is 0.438. The molecular formula is C16H21N5O4S2. The molecule has 0 bridgehead atoms. The quantitative estimate of drug-likeness (QED) is 0.639. The first-order valence-electron chi connectivity index (χ1n) is 8.40. The van der Waals surface area contributed by atoms with E-state index in [1.54, 1.807) is 31.2 Å². The van der Waals surface area contributed by atoms with E-state index in [9.17, 15) is 13.2 Å². The van der Waals surface area contributed by atoms with E-state index in [1.807, 2.05) is 0 Å². The van der Waals surface area contributed by atoms with Crippen LogP contribution in [0.15, 0.2) is 34.3 Å². The van der Waals surface area contributed by atoms with Gasteiger partial charge >= 0.3 is 0 Å². The van der Waals surface area contributed by atoms with E-state index in [0.29, 0.717) is 43.8 Å². The maximum Gasteiger partial charge on any atom is 0.243 e. The molecular weight excluding hydrogens is 390 g/mol. The first-order chi connectivity index (χ1) is 12.9. The van der Waals surface area contributed by atoms with Crippen LogP contribution in [0.3, 0.4) is 0 Å². The summed E-state index contributed by atoms with van der Waals surface area (Å²) in [4.78, 5) is 16.3. The Morgan fingerprint density at radius 1 is 1.30 bits per heavy atom. The Labute approximate surface area is 161 Å². The van der Waals surface area contributed by atoms with Gasteiger partial charge in [0.1, 0.15) is 5.82 Å². The first kappa shape index (κ1) is 19.8. The fourth-order valence-electron chi connectivity index (χ4n) is 2.48. The average molecular weight is 412 g/mol. The van der Waals surface area contributed by atoms with E-state index >= 15 is 0 Å². The first-order valence-corrected chi connectivity index (χ1v) is 10.8. The maximum atomic E-state index is 12.6. The molecule has 0 radical (unpaired) electrons. The van der Waals surface area contributed by atoms with Crippen LogP contribution in [0.1, 0.15) is 11.4 Å². The third-order valence-corrected chi connectivity index (χ3v) is 6.69. The molecule has 0 saturated carbocycles. The molecule has 2 N–H and O–H groups in total. The van der Waals surface area contributed by atoms with E-state index in [0.717, 1.165) is 5.56 Å². The summed E-state index contributed by atoms with van der Waals surface area (Å²) in [5.41, 5.74) is 0.822. The molecule has 9 nitrogen and oxygen atoms in total. The Bertz CT molecular complexity index is 876. The highest BCUT2D eigenvalue weighted by atomic mass is 32.2. The number of amides is 1. The number of benzene rings is 1. The Morgan fingerprint density at radius 3 is 2.63 bits per heavy atom. The zero-order valence-corrected chi connectivity index (χ0v) is 16.5. The van der Waals surface area contributed by atoms with E-state index < -0.39 is 10.0 Å². The van der Waals surface area contributed by atoms with Crippen LogP contribution in [-0.2, 0) is 26.1 Å². The molecule has 1 fully saturated rings. The highest BCUT2D eigenvalue weighted by molar-refractivity contribution is 7.99. The predicted molar refractivity (Wildman–Crippen MR) is 99.7 cm³/mol. The molecule has 1 aliphatic rings. The number of H-pyrrole nitrogens is 1. The number of sulfonamides is 1. The zero-order valence-electron chi connectivity index (χ0n) is 14.8. The molecule has 1 aromatic heterocycles. The fourth-order valence-corrected chi connectivity index (χ4v) is 4.57. The lowest BCUT2D eigenvalue weighted by atomic mass is 10.2. The van der Waals surface area contributed by atoms with Crippen LogP contribution >= 0.6 is 11.8 Å². The molecule has 1 saturated heterocycles. The lowest BCUT2D eigenvalue weighted by molar-refractivity contribution is -0.118. The second-order valence-electron chi connectivity index (χ2n) is 5.93. The summed E-state index contributed by atoms with van der Waals surface area (Å²) < 4.78 is 31.8. The molecule has 0 spiro atoms. The average Bonchev–Trinajstić information content (AvgIpc) is 3.11. The van der Waals surface area contributed by atoms with Gasteiger partial charge in [-0.1, -0.05) is 23.9 Å². The summed E-state index contributed by atoms with van der Waals surface area (Å²) in [6.45, 7) is 3.66. The lowest BCUT2D eigenvalue weighted by Gasteiger charge is -2.26. The van der Waals surface area contributed by atoms with Gasteiger partial charge in [-0.2, -0.15) is 4.31 Å². The molecule has 146 valence electrons. The van der Waals surface area contributed by atoms with Crippen molar-refractivity contribution < 1.29 is 17.9 Å². The minimum absolute atomic E-state index is 0.146. The molecule has 0 atom stereocenters. The van der Waals surface area contributed by atoms with Gasteiger partial charge in [0, 0.05) is 19.6 Å². The Hall–Kier alpha value is -1.95. The van der Waals surface area contributed by atoms with Crippen LogP contribution < -0.4 is 5.32 Å². The summed E-state index contributed by atoms with van der Waals surface area (Å²) in [5.74, 6) is 0.762. The number of aryl methyl sites for hydroxylation is 1. The van der Waals surface area contributed by atoms with E-state index in [-0.39, 0.29) is 16.6 Å². The molecule has 27 heavy (non-hydrogen) atoms. The number of nitrogens with one attached hydrogen (secondary N) is 2. The highest BCUT2D eigenvalue weighted by Crippen LogP contribution is 2.18. The number of carbonyl (C=O) groups excluding carboxylic acids is 1. The third-order valence-electron chi connectivity index (χ3n) is 3.93. The standard InChI is InChI=1S/C16H21N5O4S2/c1-12-18-16(20-19-12)26-11-15(22)17-10-13-2-4-14(5-3-13)27(23,24)21-6-8-25-9-7-21/h2-5H,6-11H2,1H3,(H,17,22)(H,18,19,20). The van der Waals surface area contributed by atoms with Gasteiger partial charge in [-0.25, -0.2) is 13.4 Å². The van der Waals surface area contributed by atoms with Crippen LogP contribution in [0, 0.1) is 6.92 Å². The molecule has 1 amide bonds. The normalized spacial score (nSPS) is 15.6. The number of nitrogens with zero attached hydrogens (tertiary/aromatic N) is 3.